The number of ether oxygens (including phenoxy) is 1. The Bertz CT molecular complexity index is 1110. The molecule has 2 aromatic carbocycles. The highest BCUT2D eigenvalue weighted by Gasteiger charge is 2.30. The van der Waals surface area contributed by atoms with Gasteiger partial charge in [-0.2, -0.15) is 8.42 Å². The summed E-state index contributed by atoms with van der Waals surface area (Å²) in [6.07, 6.45) is 0. The van der Waals surface area contributed by atoms with E-state index >= 15 is 0 Å². The Balaban J connectivity index is 1.95. The molecule has 1 heterocycles. The van der Waals surface area contributed by atoms with E-state index in [1.165, 1.54) is 6.07 Å². The highest BCUT2D eigenvalue weighted by atomic mass is 35.5. The van der Waals surface area contributed by atoms with Crippen molar-refractivity contribution in [2.45, 2.75) is 11.8 Å². The van der Waals surface area contributed by atoms with Gasteiger partial charge in [0.1, 0.15) is 4.90 Å². The van der Waals surface area contributed by atoms with Crippen molar-refractivity contribution in [3.8, 4) is 5.75 Å². The standard InChI is InChI=1S/C17H11Cl2NO7S/c1-2-26-17(23)8-5-12(18)14(13(19)6-8)27-28(24,25)9-3-4-10-11(7-9)16(22)20-15(10)21/h3-7H,2H2,1H3,(H,20,21,22). The summed E-state index contributed by atoms with van der Waals surface area (Å²) in [6.45, 7) is 1.75. The van der Waals surface area contributed by atoms with Gasteiger partial charge < -0.3 is 8.92 Å². The molecule has 0 atom stereocenters. The molecule has 8 nitrogen and oxygen atoms in total. The van der Waals surface area contributed by atoms with Gasteiger partial charge in [-0.3, -0.25) is 14.9 Å². The largest absolute Gasteiger partial charge is 0.462 e. The minimum atomic E-state index is -4.44. The molecule has 0 saturated heterocycles. The van der Waals surface area contributed by atoms with Crippen LogP contribution in [-0.4, -0.2) is 32.8 Å². The van der Waals surface area contributed by atoms with E-state index in [4.69, 9.17) is 32.1 Å². The lowest BCUT2D eigenvalue weighted by atomic mass is 10.1. The maximum Gasteiger partial charge on any atom is 0.339 e. The number of hydrogen-bond acceptors (Lipinski definition) is 7. The second-order valence-corrected chi connectivity index (χ2v) is 7.88. The molecule has 1 N–H and O–H groups in total. The average Bonchev–Trinajstić information content (AvgIpc) is 2.92. The number of benzene rings is 2. The Kier molecular flexibility index (Phi) is 5.33. The predicted molar refractivity (Wildman–Crippen MR) is 98.5 cm³/mol. The molecule has 0 aromatic heterocycles. The zero-order chi connectivity index (χ0) is 20.6. The van der Waals surface area contributed by atoms with Gasteiger partial charge in [-0.15, -0.1) is 0 Å². The number of nitrogens with one attached hydrogen (secondary N) is 1. The predicted octanol–water partition coefficient (Wildman–Crippen LogP) is 2.82. The first-order valence-corrected chi connectivity index (χ1v) is 9.91. The van der Waals surface area contributed by atoms with Gasteiger partial charge in [0.15, 0.2) is 5.75 Å². The van der Waals surface area contributed by atoms with Crippen molar-refractivity contribution in [2.75, 3.05) is 6.61 Å². The summed E-state index contributed by atoms with van der Waals surface area (Å²) in [7, 11) is -4.44. The van der Waals surface area contributed by atoms with Crippen LogP contribution in [0.15, 0.2) is 35.2 Å². The van der Waals surface area contributed by atoms with Crippen molar-refractivity contribution in [1.82, 2.24) is 5.32 Å². The van der Waals surface area contributed by atoms with E-state index in [9.17, 15) is 22.8 Å². The number of carbonyl (C=O) groups excluding carboxylic acids is 3. The molecule has 1 aliphatic rings. The summed E-state index contributed by atoms with van der Waals surface area (Å²) in [5, 5.41) is 1.60. The van der Waals surface area contributed by atoms with Gasteiger partial charge in [-0.05, 0) is 37.3 Å². The van der Waals surface area contributed by atoms with Crippen LogP contribution in [0.25, 0.3) is 0 Å². The van der Waals surface area contributed by atoms with E-state index in [0.29, 0.717) is 0 Å². The highest BCUT2D eigenvalue weighted by Crippen LogP contribution is 2.36. The fraction of sp³-hybridized carbons (Fsp3) is 0.118. The van der Waals surface area contributed by atoms with Crippen molar-refractivity contribution >= 4 is 51.1 Å². The van der Waals surface area contributed by atoms with Crippen LogP contribution in [0.4, 0.5) is 0 Å². The van der Waals surface area contributed by atoms with Crippen LogP contribution in [0.1, 0.15) is 38.0 Å². The SMILES string of the molecule is CCOC(=O)c1cc(Cl)c(OS(=O)(=O)c2ccc3c(c2)C(=O)NC3=O)c(Cl)c1. The summed E-state index contributed by atoms with van der Waals surface area (Å²) < 4.78 is 35.0. The van der Waals surface area contributed by atoms with E-state index in [1.54, 1.807) is 6.92 Å². The molecule has 28 heavy (non-hydrogen) atoms. The quantitative estimate of drug-likeness (QED) is 0.428. The van der Waals surface area contributed by atoms with E-state index in [1.807, 2.05) is 0 Å². The number of amides is 2. The number of halogens is 2. The Morgan fingerprint density at radius 3 is 2.25 bits per heavy atom. The first-order valence-electron chi connectivity index (χ1n) is 7.74. The lowest BCUT2D eigenvalue weighted by molar-refractivity contribution is 0.0526. The molecule has 2 amide bonds. The zero-order valence-electron chi connectivity index (χ0n) is 14.1. The number of carbonyl (C=O) groups is 3. The van der Waals surface area contributed by atoms with E-state index in [0.717, 1.165) is 24.3 Å². The minimum absolute atomic E-state index is 0.0225. The van der Waals surface area contributed by atoms with E-state index in [-0.39, 0.29) is 38.2 Å². The van der Waals surface area contributed by atoms with E-state index < -0.39 is 33.7 Å². The summed E-state index contributed by atoms with van der Waals surface area (Å²) in [6, 6.07) is 5.63. The van der Waals surface area contributed by atoms with Gasteiger partial charge in [-0.1, -0.05) is 23.2 Å². The number of imide groups is 1. The molecule has 2 aromatic rings. The molecule has 0 fully saturated rings. The molecule has 11 heteroatoms. The van der Waals surface area contributed by atoms with Crippen molar-refractivity contribution in [3.63, 3.8) is 0 Å². The molecule has 146 valence electrons. The van der Waals surface area contributed by atoms with Crippen LogP contribution in [0.3, 0.4) is 0 Å². The summed E-state index contributed by atoms with van der Waals surface area (Å²) >= 11 is 12.0. The van der Waals surface area contributed by atoms with Crippen molar-refractivity contribution < 1.29 is 31.7 Å². The third-order valence-corrected chi connectivity index (χ3v) is 5.48. The molecule has 3 rings (SSSR count). The van der Waals surface area contributed by atoms with Crippen molar-refractivity contribution in [2.24, 2.45) is 0 Å². The van der Waals surface area contributed by atoms with Crippen LogP contribution < -0.4 is 9.50 Å². The molecule has 0 radical (unpaired) electrons. The highest BCUT2D eigenvalue weighted by molar-refractivity contribution is 7.87. The molecule has 0 saturated carbocycles. The number of hydrogen-bond donors (Lipinski definition) is 1. The molecule has 0 spiro atoms. The Morgan fingerprint density at radius 2 is 1.64 bits per heavy atom. The van der Waals surface area contributed by atoms with Crippen molar-refractivity contribution in [1.29, 1.82) is 0 Å². The van der Waals surface area contributed by atoms with Crippen LogP contribution in [0.2, 0.25) is 10.0 Å². The van der Waals surface area contributed by atoms with Gasteiger partial charge in [0.05, 0.1) is 33.3 Å². The topological polar surface area (TPSA) is 116 Å². The number of esters is 1. The van der Waals surface area contributed by atoms with Crippen LogP contribution >= 0.6 is 23.2 Å². The third-order valence-electron chi connectivity index (χ3n) is 3.70. The molecule has 0 unspecified atom stereocenters. The number of rotatable bonds is 5. The Labute approximate surface area is 169 Å². The second kappa shape index (κ2) is 7.42. The fourth-order valence-electron chi connectivity index (χ4n) is 2.43. The normalized spacial score (nSPS) is 13.1. The van der Waals surface area contributed by atoms with Crippen LogP contribution in [-0.2, 0) is 14.9 Å². The molecule has 0 bridgehead atoms. The average molecular weight is 444 g/mol. The maximum absolute atomic E-state index is 12.6. The van der Waals surface area contributed by atoms with Crippen molar-refractivity contribution in [3.05, 3.63) is 57.1 Å². The molecular formula is C17H11Cl2NO7S. The van der Waals surface area contributed by atoms with Crippen LogP contribution in [0, 0.1) is 0 Å². The first kappa shape index (κ1) is 20.1. The second-order valence-electron chi connectivity index (χ2n) is 5.52. The Morgan fingerprint density at radius 1 is 1.04 bits per heavy atom. The van der Waals surface area contributed by atoms with Gasteiger partial charge in [0.25, 0.3) is 11.8 Å². The Hall–Kier alpha value is -2.62. The summed E-state index contributed by atoms with van der Waals surface area (Å²) in [4.78, 5) is 34.7. The van der Waals surface area contributed by atoms with Gasteiger partial charge in [0, 0.05) is 0 Å². The van der Waals surface area contributed by atoms with E-state index in [2.05, 4.69) is 5.32 Å². The van der Waals surface area contributed by atoms with Crippen LogP contribution in [0.5, 0.6) is 5.75 Å². The summed E-state index contributed by atoms with van der Waals surface area (Å²) in [5.41, 5.74) is -0.0161. The zero-order valence-corrected chi connectivity index (χ0v) is 16.4. The lowest BCUT2D eigenvalue weighted by Gasteiger charge is -2.12. The van der Waals surface area contributed by atoms with Gasteiger partial charge in [0.2, 0.25) is 0 Å². The van der Waals surface area contributed by atoms with Gasteiger partial charge in [-0.25, -0.2) is 4.79 Å². The smallest absolute Gasteiger partial charge is 0.339 e. The molecular weight excluding hydrogens is 433 g/mol. The third kappa shape index (κ3) is 3.68. The maximum atomic E-state index is 12.6. The number of fused-ring (bicyclic) bond motifs is 1. The summed E-state index contributed by atoms with van der Waals surface area (Å²) in [5.74, 6) is -2.41. The minimum Gasteiger partial charge on any atom is -0.462 e. The van der Waals surface area contributed by atoms with Gasteiger partial charge >= 0.3 is 16.1 Å². The molecule has 1 aliphatic heterocycles. The first-order chi connectivity index (χ1) is 13.1. The lowest BCUT2D eigenvalue weighted by Crippen LogP contribution is -2.19. The molecule has 0 aliphatic carbocycles. The fourth-order valence-corrected chi connectivity index (χ4v) is 4.08. The monoisotopic (exact) mass is 443 g/mol.